The molecule has 0 fully saturated rings. The quantitative estimate of drug-likeness (QED) is 0.756. The number of pyridine rings is 1. The summed E-state index contributed by atoms with van der Waals surface area (Å²) in [5.41, 5.74) is 4.18. The normalized spacial score (nSPS) is 12.9. The summed E-state index contributed by atoms with van der Waals surface area (Å²) in [4.78, 5) is 4.06. The highest BCUT2D eigenvalue weighted by molar-refractivity contribution is 5.92. The molecule has 0 unspecified atom stereocenters. The summed E-state index contributed by atoms with van der Waals surface area (Å²) in [6.07, 6.45) is -2.66. The number of alkyl halides is 3. The van der Waals surface area contributed by atoms with Crippen LogP contribution in [0.1, 0.15) is 0 Å². The molecular formula is C13H11F3N4. The van der Waals surface area contributed by atoms with Crippen LogP contribution < -0.4 is 11.1 Å². The number of benzene rings is 1. The molecule has 2 aromatic rings. The SMILES string of the molecule is N=C/C(N)=C(\Nc1cccc2ncccc12)C(F)(F)F. The molecule has 4 nitrogen and oxygen atoms in total. The van der Waals surface area contributed by atoms with Crippen molar-refractivity contribution in [2.75, 3.05) is 5.32 Å². The maximum absolute atomic E-state index is 12.9. The van der Waals surface area contributed by atoms with E-state index in [-0.39, 0.29) is 5.69 Å². The summed E-state index contributed by atoms with van der Waals surface area (Å²) in [5, 5.41) is 9.68. The number of fused-ring (bicyclic) bond motifs is 1. The first-order valence-corrected chi connectivity index (χ1v) is 5.61. The number of nitrogens with two attached hydrogens (primary N) is 1. The smallest absolute Gasteiger partial charge is 0.396 e. The molecule has 4 N–H and O–H groups in total. The second-order valence-corrected chi connectivity index (χ2v) is 3.97. The van der Waals surface area contributed by atoms with Gasteiger partial charge in [0.15, 0.2) is 0 Å². The predicted molar refractivity (Wildman–Crippen MR) is 71.4 cm³/mol. The Balaban J connectivity index is 2.53. The Labute approximate surface area is 112 Å². The lowest BCUT2D eigenvalue weighted by molar-refractivity contribution is -0.0907. The third kappa shape index (κ3) is 2.71. The first-order valence-electron chi connectivity index (χ1n) is 5.61. The molecule has 20 heavy (non-hydrogen) atoms. The molecule has 0 bridgehead atoms. The van der Waals surface area contributed by atoms with E-state index in [4.69, 9.17) is 11.1 Å². The van der Waals surface area contributed by atoms with Crippen molar-refractivity contribution in [3.8, 4) is 0 Å². The van der Waals surface area contributed by atoms with Crippen LogP contribution in [0, 0.1) is 5.41 Å². The van der Waals surface area contributed by atoms with Gasteiger partial charge in [-0.3, -0.25) is 4.98 Å². The minimum absolute atomic E-state index is 0.229. The fraction of sp³-hybridized carbons (Fsp3) is 0.0769. The zero-order valence-electron chi connectivity index (χ0n) is 10.2. The highest BCUT2D eigenvalue weighted by atomic mass is 19.4. The van der Waals surface area contributed by atoms with E-state index in [1.165, 1.54) is 6.07 Å². The van der Waals surface area contributed by atoms with Crippen molar-refractivity contribution >= 4 is 22.8 Å². The number of hydrogen-bond acceptors (Lipinski definition) is 4. The molecule has 0 saturated heterocycles. The van der Waals surface area contributed by atoms with Gasteiger partial charge in [0.2, 0.25) is 0 Å². The highest BCUT2D eigenvalue weighted by Gasteiger charge is 2.36. The van der Waals surface area contributed by atoms with Gasteiger partial charge in [-0.2, -0.15) is 13.2 Å². The van der Waals surface area contributed by atoms with Crippen LogP contribution in [0.5, 0.6) is 0 Å². The number of halogens is 3. The first-order chi connectivity index (χ1) is 9.43. The van der Waals surface area contributed by atoms with E-state index >= 15 is 0 Å². The van der Waals surface area contributed by atoms with Crippen LogP contribution in [0.15, 0.2) is 47.9 Å². The monoisotopic (exact) mass is 280 g/mol. The van der Waals surface area contributed by atoms with Crippen LogP contribution >= 0.6 is 0 Å². The van der Waals surface area contributed by atoms with E-state index in [1.807, 2.05) is 0 Å². The Hall–Kier alpha value is -2.57. The molecule has 1 aromatic heterocycles. The van der Waals surface area contributed by atoms with Crippen LogP contribution in [-0.2, 0) is 0 Å². The number of hydrogen-bond donors (Lipinski definition) is 3. The third-order valence-corrected chi connectivity index (χ3v) is 2.63. The van der Waals surface area contributed by atoms with Gasteiger partial charge in [0.05, 0.1) is 11.2 Å². The standard InChI is InChI=1S/C13H11F3N4/c14-13(15,16)12(9(18)7-17)20-11-5-1-4-10-8(11)3-2-6-19-10/h1-7,17,20H,18H2/b12-9+,17-7?. The van der Waals surface area contributed by atoms with Crippen LogP contribution in [0.3, 0.4) is 0 Å². The van der Waals surface area contributed by atoms with Crippen LogP contribution in [0.25, 0.3) is 10.9 Å². The minimum atomic E-state index is -4.67. The molecule has 2 rings (SSSR count). The molecule has 1 heterocycles. The molecule has 0 saturated carbocycles. The number of rotatable bonds is 3. The van der Waals surface area contributed by atoms with Gasteiger partial charge in [0, 0.05) is 23.5 Å². The molecule has 0 aliphatic heterocycles. The minimum Gasteiger partial charge on any atom is -0.396 e. The van der Waals surface area contributed by atoms with Crippen molar-refractivity contribution in [3.05, 3.63) is 47.9 Å². The van der Waals surface area contributed by atoms with Gasteiger partial charge < -0.3 is 16.5 Å². The summed E-state index contributed by atoms with van der Waals surface area (Å²) < 4.78 is 38.8. The van der Waals surface area contributed by atoms with Crippen molar-refractivity contribution in [2.24, 2.45) is 5.73 Å². The van der Waals surface area contributed by atoms with Crippen LogP contribution in [0.4, 0.5) is 18.9 Å². The van der Waals surface area contributed by atoms with Gasteiger partial charge in [-0.15, -0.1) is 0 Å². The molecule has 7 heteroatoms. The molecule has 104 valence electrons. The van der Waals surface area contributed by atoms with Crippen molar-refractivity contribution < 1.29 is 13.2 Å². The molecule has 0 aliphatic rings. The van der Waals surface area contributed by atoms with Gasteiger partial charge in [0.1, 0.15) is 5.70 Å². The Morgan fingerprint density at radius 2 is 2.00 bits per heavy atom. The number of nitrogens with one attached hydrogen (secondary N) is 2. The summed E-state index contributed by atoms with van der Waals surface area (Å²) in [6, 6.07) is 8.06. The predicted octanol–water partition coefficient (Wildman–Crippen LogP) is 3.03. The summed E-state index contributed by atoms with van der Waals surface area (Å²) in [5.74, 6) is 0. The van der Waals surface area contributed by atoms with E-state index in [1.54, 1.807) is 30.5 Å². The molecule has 1 aromatic carbocycles. The molecule has 0 spiro atoms. The maximum Gasteiger partial charge on any atom is 0.433 e. The van der Waals surface area contributed by atoms with Gasteiger partial charge >= 0.3 is 6.18 Å². The molecule has 0 radical (unpaired) electrons. The number of anilines is 1. The number of aromatic nitrogens is 1. The van der Waals surface area contributed by atoms with E-state index in [0.717, 1.165) is 0 Å². The summed E-state index contributed by atoms with van der Waals surface area (Å²) in [7, 11) is 0. The first kappa shape index (κ1) is 13.9. The lowest BCUT2D eigenvalue weighted by Crippen LogP contribution is -2.24. The average molecular weight is 280 g/mol. The van der Waals surface area contributed by atoms with Crippen molar-refractivity contribution in [1.82, 2.24) is 4.98 Å². The van der Waals surface area contributed by atoms with E-state index in [0.29, 0.717) is 17.1 Å². The van der Waals surface area contributed by atoms with Gasteiger partial charge in [-0.25, -0.2) is 0 Å². The lowest BCUT2D eigenvalue weighted by atomic mass is 10.1. The third-order valence-electron chi connectivity index (χ3n) is 2.63. The zero-order chi connectivity index (χ0) is 14.8. The number of allylic oxidation sites excluding steroid dienone is 2. The second-order valence-electron chi connectivity index (χ2n) is 3.97. The van der Waals surface area contributed by atoms with E-state index in [2.05, 4.69) is 10.3 Å². The Morgan fingerprint density at radius 1 is 1.25 bits per heavy atom. The largest absolute Gasteiger partial charge is 0.433 e. The Kier molecular flexibility index (Phi) is 3.60. The molecule has 0 amide bonds. The maximum atomic E-state index is 12.9. The van der Waals surface area contributed by atoms with Crippen LogP contribution in [0.2, 0.25) is 0 Å². The fourth-order valence-corrected chi connectivity index (χ4v) is 1.73. The van der Waals surface area contributed by atoms with Crippen LogP contribution in [-0.4, -0.2) is 17.4 Å². The van der Waals surface area contributed by atoms with E-state index in [9.17, 15) is 13.2 Å². The van der Waals surface area contributed by atoms with Crippen molar-refractivity contribution in [3.63, 3.8) is 0 Å². The Bertz CT molecular complexity index is 671. The topological polar surface area (TPSA) is 74.8 Å². The lowest BCUT2D eigenvalue weighted by Gasteiger charge is -2.16. The molecular weight excluding hydrogens is 269 g/mol. The summed E-state index contributed by atoms with van der Waals surface area (Å²) >= 11 is 0. The molecule has 0 atom stereocenters. The van der Waals surface area contributed by atoms with Crippen molar-refractivity contribution in [1.29, 1.82) is 5.41 Å². The fourth-order valence-electron chi connectivity index (χ4n) is 1.73. The van der Waals surface area contributed by atoms with Gasteiger partial charge in [-0.1, -0.05) is 6.07 Å². The second kappa shape index (κ2) is 5.20. The van der Waals surface area contributed by atoms with Crippen molar-refractivity contribution in [2.45, 2.75) is 6.18 Å². The summed E-state index contributed by atoms with van der Waals surface area (Å²) in [6.45, 7) is 0. The van der Waals surface area contributed by atoms with E-state index < -0.39 is 17.6 Å². The Morgan fingerprint density at radius 3 is 2.65 bits per heavy atom. The number of nitrogens with zero attached hydrogens (tertiary/aromatic N) is 1. The molecule has 0 aliphatic carbocycles. The zero-order valence-corrected chi connectivity index (χ0v) is 10.2. The average Bonchev–Trinajstić information content (AvgIpc) is 2.42. The van der Waals surface area contributed by atoms with Gasteiger partial charge in [-0.05, 0) is 24.3 Å². The van der Waals surface area contributed by atoms with Gasteiger partial charge in [0.25, 0.3) is 0 Å². The highest BCUT2D eigenvalue weighted by Crippen LogP contribution is 2.30.